The molecule has 0 bridgehead atoms. The molecule has 0 atom stereocenters. The normalized spacial score (nSPS) is 11.9. The maximum Gasteiger partial charge on any atom is 0.263 e. The number of hydrogen-bond donors (Lipinski definition) is 2. The highest BCUT2D eigenvalue weighted by Gasteiger charge is 2.20. The van der Waals surface area contributed by atoms with Crippen LogP contribution in [0.25, 0.3) is 0 Å². The van der Waals surface area contributed by atoms with Crippen molar-refractivity contribution in [3.05, 3.63) is 81.3 Å². The van der Waals surface area contributed by atoms with Gasteiger partial charge < -0.3 is 0 Å². The summed E-state index contributed by atoms with van der Waals surface area (Å²) in [6.07, 6.45) is 0. The zero-order chi connectivity index (χ0) is 22.1. The minimum atomic E-state index is -4.04. The molecule has 0 spiro atoms. The standard InChI is InChI=1S/C19H15Cl3N2O4S2/c1-12-2-8-15(9-3-12)29(25,26)23-13-4-6-14(7-5-13)24-30(27,28)19-11-17(21)16(20)10-18(19)22/h2-11,23-24H,1H3. The average molecular weight is 506 g/mol. The summed E-state index contributed by atoms with van der Waals surface area (Å²) in [5, 5.41) is 0.0903. The van der Waals surface area contributed by atoms with Crippen LogP contribution in [0.1, 0.15) is 5.56 Å². The highest BCUT2D eigenvalue weighted by atomic mass is 35.5. The Morgan fingerprint density at radius 1 is 0.633 bits per heavy atom. The molecule has 0 amide bonds. The van der Waals surface area contributed by atoms with Gasteiger partial charge in [0.25, 0.3) is 20.0 Å². The second kappa shape index (κ2) is 8.64. The number of anilines is 2. The molecule has 6 nitrogen and oxygen atoms in total. The Balaban J connectivity index is 1.79. The van der Waals surface area contributed by atoms with E-state index in [-0.39, 0.29) is 36.2 Å². The molecule has 158 valence electrons. The van der Waals surface area contributed by atoms with Crippen molar-refractivity contribution in [1.29, 1.82) is 0 Å². The molecule has 0 unspecified atom stereocenters. The molecule has 3 aromatic carbocycles. The summed E-state index contributed by atoms with van der Waals surface area (Å²) < 4.78 is 54.9. The molecule has 2 N–H and O–H groups in total. The predicted octanol–water partition coefficient (Wildman–Crippen LogP) is 5.56. The highest BCUT2D eigenvalue weighted by Crippen LogP contribution is 2.32. The average Bonchev–Trinajstić information content (AvgIpc) is 2.66. The summed E-state index contributed by atoms with van der Waals surface area (Å²) in [7, 11) is -7.81. The molecule has 11 heteroatoms. The topological polar surface area (TPSA) is 92.3 Å². The van der Waals surface area contributed by atoms with E-state index in [0.29, 0.717) is 0 Å². The Kier molecular flexibility index (Phi) is 6.54. The van der Waals surface area contributed by atoms with Gasteiger partial charge in [-0.25, -0.2) is 16.8 Å². The molecule has 0 aliphatic heterocycles. The summed E-state index contributed by atoms with van der Waals surface area (Å²) in [4.78, 5) is -0.116. The SMILES string of the molecule is Cc1ccc(S(=O)(=O)Nc2ccc(NS(=O)(=O)c3cc(Cl)c(Cl)cc3Cl)cc2)cc1. The van der Waals surface area contributed by atoms with E-state index in [9.17, 15) is 16.8 Å². The molecule has 0 aliphatic carbocycles. The summed E-state index contributed by atoms with van der Waals surface area (Å²) in [6.45, 7) is 1.86. The molecule has 0 aliphatic rings. The molecule has 0 radical (unpaired) electrons. The second-order valence-electron chi connectivity index (χ2n) is 6.30. The van der Waals surface area contributed by atoms with Crippen molar-refractivity contribution in [2.75, 3.05) is 9.44 Å². The maximum absolute atomic E-state index is 12.6. The highest BCUT2D eigenvalue weighted by molar-refractivity contribution is 7.93. The molecule has 0 aromatic heterocycles. The van der Waals surface area contributed by atoms with Crippen LogP contribution in [0.15, 0.2) is 70.5 Å². The van der Waals surface area contributed by atoms with Gasteiger partial charge >= 0.3 is 0 Å². The fourth-order valence-electron chi connectivity index (χ4n) is 2.46. The van der Waals surface area contributed by atoms with Crippen molar-refractivity contribution >= 4 is 66.2 Å². The lowest BCUT2D eigenvalue weighted by molar-refractivity contribution is 0.599. The van der Waals surface area contributed by atoms with Crippen LogP contribution < -0.4 is 9.44 Å². The summed E-state index contributed by atoms with van der Waals surface area (Å²) in [5.74, 6) is 0. The molecule has 3 rings (SSSR count). The van der Waals surface area contributed by atoms with E-state index >= 15 is 0 Å². The fraction of sp³-hybridized carbons (Fsp3) is 0.0526. The zero-order valence-electron chi connectivity index (χ0n) is 15.4. The van der Waals surface area contributed by atoms with Crippen molar-refractivity contribution in [2.45, 2.75) is 16.7 Å². The van der Waals surface area contributed by atoms with Gasteiger partial charge in [-0.05, 0) is 55.5 Å². The van der Waals surface area contributed by atoms with Crippen molar-refractivity contribution < 1.29 is 16.8 Å². The first-order valence-corrected chi connectivity index (χ1v) is 12.4. The van der Waals surface area contributed by atoms with Gasteiger partial charge in [-0.3, -0.25) is 9.44 Å². The predicted molar refractivity (Wildman–Crippen MR) is 121 cm³/mol. The van der Waals surface area contributed by atoms with E-state index in [0.717, 1.165) is 11.6 Å². The lowest BCUT2D eigenvalue weighted by Gasteiger charge is -2.12. The van der Waals surface area contributed by atoms with Crippen LogP contribution in [0.5, 0.6) is 0 Å². The van der Waals surface area contributed by atoms with Crippen LogP contribution in [0.2, 0.25) is 15.1 Å². The molecule has 0 fully saturated rings. The molecular formula is C19H15Cl3N2O4S2. The van der Waals surface area contributed by atoms with Gasteiger partial charge in [0.05, 0.1) is 20.0 Å². The van der Waals surface area contributed by atoms with Gasteiger partial charge in [0.15, 0.2) is 0 Å². The van der Waals surface area contributed by atoms with Crippen LogP contribution in [0.3, 0.4) is 0 Å². The van der Waals surface area contributed by atoms with E-state index in [2.05, 4.69) is 9.44 Å². The monoisotopic (exact) mass is 504 g/mol. The Morgan fingerprint density at radius 3 is 1.63 bits per heavy atom. The quantitative estimate of drug-likeness (QED) is 0.429. The minimum absolute atomic E-state index is 0.0438. The summed E-state index contributed by atoms with van der Waals surface area (Å²) in [5.41, 5.74) is 1.41. The van der Waals surface area contributed by atoms with Crippen molar-refractivity contribution in [3.8, 4) is 0 Å². The first kappa shape index (κ1) is 22.7. The number of hydrogen-bond acceptors (Lipinski definition) is 4. The summed E-state index contributed by atoms with van der Waals surface area (Å²) in [6, 6.07) is 14.5. The van der Waals surface area contributed by atoms with E-state index in [1.54, 1.807) is 12.1 Å². The van der Waals surface area contributed by atoms with E-state index < -0.39 is 20.0 Å². The number of sulfonamides is 2. The third kappa shape index (κ3) is 5.19. The van der Waals surface area contributed by atoms with E-state index in [4.69, 9.17) is 34.8 Å². The van der Waals surface area contributed by atoms with Crippen LogP contribution in [0.4, 0.5) is 11.4 Å². The number of rotatable bonds is 6. The molecule has 3 aromatic rings. The first-order chi connectivity index (χ1) is 14.0. The number of nitrogens with one attached hydrogen (secondary N) is 2. The Morgan fingerprint density at radius 2 is 1.10 bits per heavy atom. The third-order valence-corrected chi connectivity index (χ3v) is 7.95. The van der Waals surface area contributed by atoms with Gasteiger partial charge in [-0.1, -0.05) is 52.5 Å². The molecular weight excluding hydrogens is 491 g/mol. The first-order valence-electron chi connectivity index (χ1n) is 8.35. The lowest BCUT2D eigenvalue weighted by atomic mass is 10.2. The smallest absolute Gasteiger partial charge is 0.263 e. The maximum atomic E-state index is 12.6. The molecule has 0 saturated carbocycles. The van der Waals surface area contributed by atoms with Gasteiger partial charge in [-0.2, -0.15) is 0 Å². The lowest BCUT2D eigenvalue weighted by Crippen LogP contribution is -2.14. The number of benzene rings is 3. The van der Waals surface area contributed by atoms with Crippen molar-refractivity contribution in [1.82, 2.24) is 0 Å². The van der Waals surface area contributed by atoms with Gasteiger partial charge in [-0.15, -0.1) is 0 Å². The van der Waals surface area contributed by atoms with Crippen molar-refractivity contribution in [2.24, 2.45) is 0 Å². The van der Waals surface area contributed by atoms with Crippen LogP contribution in [0, 0.1) is 6.92 Å². The number of halogens is 3. The zero-order valence-corrected chi connectivity index (χ0v) is 19.3. The van der Waals surface area contributed by atoms with Crippen LogP contribution >= 0.6 is 34.8 Å². The molecule has 0 saturated heterocycles. The number of aryl methyl sites for hydroxylation is 1. The van der Waals surface area contributed by atoms with Gasteiger partial charge in [0.1, 0.15) is 4.90 Å². The second-order valence-corrected chi connectivity index (χ2v) is 10.9. The van der Waals surface area contributed by atoms with E-state index in [1.165, 1.54) is 42.5 Å². The van der Waals surface area contributed by atoms with Crippen LogP contribution in [-0.2, 0) is 20.0 Å². The Hall–Kier alpha value is -1.97. The van der Waals surface area contributed by atoms with Crippen LogP contribution in [-0.4, -0.2) is 16.8 Å². The summed E-state index contributed by atoms with van der Waals surface area (Å²) >= 11 is 17.7. The van der Waals surface area contributed by atoms with Crippen molar-refractivity contribution in [3.63, 3.8) is 0 Å². The Bertz CT molecular complexity index is 1290. The van der Waals surface area contributed by atoms with Gasteiger partial charge in [0.2, 0.25) is 0 Å². The van der Waals surface area contributed by atoms with E-state index in [1.807, 2.05) is 6.92 Å². The third-order valence-electron chi connectivity index (χ3n) is 3.98. The van der Waals surface area contributed by atoms with Gasteiger partial charge in [0, 0.05) is 11.4 Å². The molecule has 30 heavy (non-hydrogen) atoms. The minimum Gasteiger partial charge on any atom is -0.280 e. The Labute approximate surface area is 189 Å². The fourth-order valence-corrected chi connectivity index (χ4v) is 5.58. The largest absolute Gasteiger partial charge is 0.280 e. The molecule has 0 heterocycles.